The van der Waals surface area contributed by atoms with Crippen molar-refractivity contribution < 1.29 is 8.42 Å². The van der Waals surface area contributed by atoms with Crippen molar-refractivity contribution in [3.63, 3.8) is 0 Å². The molecule has 0 aromatic heterocycles. The van der Waals surface area contributed by atoms with E-state index in [2.05, 4.69) is 19.1 Å². The van der Waals surface area contributed by atoms with E-state index < -0.39 is 9.05 Å². The molecule has 2 aromatic carbocycles. The standard InChI is InChI=1S/C15H15ClO2S/c1-3-12-4-6-13(7-5-12)14-8-9-15(11(2)10-14)19(16,17)18/h4-10H,3H2,1-2H3. The van der Waals surface area contributed by atoms with Crippen LogP contribution in [0.1, 0.15) is 18.1 Å². The van der Waals surface area contributed by atoms with E-state index in [0.29, 0.717) is 5.56 Å². The highest BCUT2D eigenvalue weighted by molar-refractivity contribution is 8.13. The van der Waals surface area contributed by atoms with Crippen molar-refractivity contribution >= 4 is 19.7 Å². The van der Waals surface area contributed by atoms with Gasteiger partial charge >= 0.3 is 0 Å². The summed E-state index contributed by atoms with van der Waals surface area (Å²) in [6, 6.07) is 13.4. The van der Waals surface area contributed by atoms with Crippen LogP contribution in [0.3, 0.4) is 0 Å². The van der Waals surface area contributed by atoms with E-state index in [1.807, 2.05) is 18.2 Å². The van der Waals surface area contributed by atoms with Gasteiger partial charge in [0.05, 0.1) is 4.90 Å². The van der Waals surface area contributed by atoms with Crippen LogP contribution >= 0.6 is 10.7 Å². The Bertz CT molecular complexity index is 689. The molecule has 0 aliphatic rings. The Labute approximate surface area is 118 Å². The van der Waals surface area contributed by atoms with Crippen LogP contribution in [0.4, 0.5) is 0 Å². The van der Waals surface area contributed by atoms with Gasteiger partial charge in [0.2, 0.25) is 0 Å². The smallest absolute Gasteiger partial charge is 0.207 e. The van der Waals surface area contributed by atoms with Crippen LogP contribution in [-0.4, -0.2) is 8.42 Å². The second kappa shape index (κ2) is 5.35. The van der Waals surface area contributed by atoms with Crippen LogP contribution in [0.25, 0.3) is 11.1 Å². The predicted octanol–water partition coefficient (Wildman–Crippen LogP) is 4.15. The summed E-state index contributed by atoms with van der Waals surface area (Å²) in [4.78, 5) is 0.170. The topological polar surface area (TPSA) is 34.1 Å². The SMILES string of the molecule is CCc1ccc(-c2ccc(S(=O)(=O)Cl)c(C)c2)cc1. The Balaban J connectivity index is 2.44. The molecule has 0 amide bonds. The van der Waals surface area contributed by atoms with Crippen LogP contribution in [0, 0.1) is 6.92 Å². The lowest BCUT2D eigenvalue weighted by molar-refractivity contribution is 0.609. The molecule has 0 N–H and O–H groups in total. The van der Waals surface area contributed by atoms with Crippen LogP contribution in [0.5, 0.6) is 0 Å². The minimum atomic E-state index is -3.67. The number of aryl methyl sites for hydroxylation is 2. The molecule has 100 valence electrons. The molecule has 0 atom stereocenters. The van der Waals surface area contributed by atoms with Crippen LogP contribution in [-0.2, 0) is 15.5 Å². The predicted molar refractivity (Wildman–Crippen MR) is 79.0 cm³/mol. The molecule has 0 saturated heterocycles. The molecular weight excluding hydrogens is 280 g/mol. The highest BCUT2D eigenvalue weighted by atomic mass is 35.7. The maximum Gasteiger partial charge on any atom is 0.261 e. The Morgan fingerprint density at radius 3 is 2.05 bits per heavy atom. The highest BCUT2D eigenvalue weighted by Crippen LogP contribution is 2.26. The van der Waals surface area contributed by atoms with Gasteiger partial charge in [0, 0.05) is 10.7 Å². The first kappa shape index (κ1) is 14.1. The van der Waals surface area contributed by atoms with Gasteiger partial charge in [0.1, 0.15) is 0 Å². The zero-order valence-corrected chi connectivity index (χ0v) is 12.4. The fourth-order valence-corrected chi connectivity index (χ4v) is 3.23. The second-order valence-electron chi connectivity index (χ2n) is 4.47. The molecule has 0 spiro atoms. The van der Waals surface area contributed by atoms with E-state index in [-0.39, 0.29) is 4.90 Å². The van der Waals surface area contributed by atoms with E-state index in [1.165, 1.54) is 5.56 Å². The van der Waals surface area contributed by atoms with Gasteiger partial charge in [-0.2, -0.15) is 0 Å². The molecule has 2 nitrogen and oxygen atoms in total. The molecule has 0 aliphatic carbocycles. The quantitative estimate of drug-likeness (QED) is 0.797. The van der Waals surface area contributed by atoms with Gasteiger partial charge in [-0.05, 0) is 41.7 Å². The third kappa shape index (κ3) is 3.17. The number of hydrogen-bond donors (Lipinski definition) is 0. The zero-order chi connectivity index (χ0) is 14.0. The Morgan fingerprint density at radius 1 is 1.00 bits per heavy atom. The summed E-state index contributed by atoms with van der Waals surface area (Å²) in [5.74, 6) is 0. The maximum atomic E-state index is 11.4. The average molecular weight is 295 g/mol. The van der Waals surface area contributed by atoms with Crippen molar-refractivity contribution in [3.05, 3.63) is 53.6 Å². The first-order valence-electron chi connectivity index (χ1n) is 6.06. The third-order valence-electron chi connectivity index (χ3n) is 3.13. The average Bonchev–Trinajstić information content (AvgIpc) is 2.37. The molecule has 4 heteroatoms. The van der Waals surface area contributed by atoms with Gasteiger partial charge in [-0.15, -0.1) is 0 Å². The summed E-state index contributed by atoms with van der Waals surface area (Å²) in [7, 11) is 1.70. The monoisotopic (exact) mass is 294 g/mol. The molecule has 0 unspecified atom stereocenters. The molecular formula is C15H15ClO2S. The molecule has 0 bridgehead atoms. The normalized spacial score (nSPS) is 11.5. The summed E-state index contributed by atoms with van der Waals surface area (Å²) < 4.78 is 22.7. The van der Waals surface area contributed by atoms with Gasteiger partial charge in [-0.25, -0.2) is 8.42 Å². The number of rotatable bonds is 3. The van der Waals surface area contributed by atoms with Gasteiger partial charge < -0.3 is 0 Å². The van der Waals surface area contributed by atoms with Crippen LogP contribution in [0.2, 0.25) is 0 Å². The van der Waals surface area contributed by atoms with Gasteiger partial charge in [-0.3, -0.25) is 0 Å². The first-order chi connectivity index (χ1) is 8.91. The van der Waals surface area contributed by atoms with Crippen molar-refractivity contribution in [1.82, 2.24) is 0 Å². The molecule has 0 saturated carbocycles. The van der Waals surface area contributed by atoms with Crippen molar-refractivity contribution in [2.45, 2.75) is 25.2 Å². The molecule has 0 heterocycles. The Kier molecular flexibility index (Phi) is 3.97. The van der Waals surface area contributed by atoms with Crippen molar-refractivity contribution in [3.8, 4) is 11.1 Å². The highest BCUT2D eigenvalue weighted by Gasteiger charge is 2.13. The van der Waals surface area contributed by atoms with Crippen molar-refractivity contribution in [1.29, 1.82) is 0 Å². The first-order valence-corrected chi connectivity index (χ1v) is 8.37. The zero-order valence-electron chi connectivity index (χ0n) is 10.9. The van der Waals surface area contributed by atoms with E-state index >= 15 is 0 Å². The van der Waals surface area contributed by atoms with E-state index in [0.717, 1.165) is 17.5 Å². The molecule has 0 fully saturated rings. The van der Waals surface area contributed by atoms with Crippen LogP contribution in [0.15, 0.2) is 47.4 Å². The van der Waals surface area contributed by atoms with Crippen molar-refractivity contribution in [2.75, 3.05) is 0 Å². The largest absolute Gasteiger partial charge is 0.261 e. The molecule has 0 radical (unpaired) electrons. The summed E-state index contributed by atoms with van der Waals surface area (Å²) in [6.45, 7) is 3.86. The number of hydrogen-bond acceptors (Lipinski definition) is 2. The maximum absolute atomic E-state index is 11.4. The Morgan fingerprint density at radius 2 is 1.58 bits per heavy atom. The molecule has 2 rings (SSSR count). The van der Waals surface area contributed by atoms with E-state index in [4.69, 9.17) is 10.7 Å². The van der Waals surface area contributed by atoms with E-state index in [1.54, 1.807) is 19.1 Å². The lowest BCUT2D eigenvalue weighted by Crippen LogP contribution is -1.94. The van der Waals surface area contributed by atoms with Gasteiger partial charge in [0.25, 0.3) is 9.05 Å². The molecule has 19 heavy (non-hydrogen) atoms. The van der Waals surface area contributed by atoms with E-state index in [9.17, 15) is 8.42 Å². The summed E-state index contributed by atoms with van der Waals surface area (Å²) in [6.07, 6.45) is 1.00. The number of benzene rings is 2. The summed E-state index contributed by atoms with van der Waals surface area (Å²) in [5.41, 5.74) is 4.00. The summed E-state index contributed by atoms with van der Waals surface area (Å²) >= 11 is 0. The molecule has 2 aromatic rings. The summed E-state index contributed by atoms with van der Waals surface area (Å²) in [5, 5.41) is 0. The lowest BCUT2D eigenvalue weighted by Gasteiger charge is -2.07. The lowest BCUT2D eigenvalue weighted by atomic mass is 10.0. The van der Waals surface area contributed by atoms with Gasteiger partial charge in [0.15, 0.2) is 0 Å². The fourth-order valence-electron chi connectivity index (χ4n) is 2.04. The van der Waals surface area contributed by atoms with Crippen molar-refractivity contribution in [2.24, 2.45) is 0 Å². The molecule has 0 aliphatic heterocycles. The van der Waals surface area contributed by atoms with Gasteiger partial charge in [-0.1, -0.05) is 43.3 Å². The van der Waals surface area contributed by atoms with Crippen LogP contribution < -0.4 is 0 Å². The fraction of sp³-hybridized carbons (Fsp3) is 0.200. The number of halogens is 1. The minimum absolute atomic E-state index is 0.170. The minimum Gasteiger partial charge on any atom is -0.207 e. The Hall–Kier alpha value is -1.32. The second-order valence-corrected chi connectivity index (χ2v) is 7.00. The third-order valence-corrected chi connectivity index (χ3v) is 4.62.